The van der Waals surface area contributed by atoms with Gasteiger partial charge in [0.25, 0.3) is 0 Å². The summed E-state index contributed by atoms with van der Waals surface area (Å²) < 4.78 is 0. The molecule has 0 saturated heterocycles. The van der Waals surface area contributed by atoms with Crippen molar-refractivity contribution >= 4 is 5.78 Å². The molecule has 0 radical (unpaired) electrons. The summed E-state index contributed by atoms with van der Waals surface area (Å²) in [6.07, 6.45) is 11.5. The van der Waals surface area contributed by atoms with E-state index in [0.717, 1.165) is 25.2 Å². The Morgan fingerprint density at radius 2 is 2.23 bits per heavy atom. The van der Waals surface area contributed by atoms with Crippen LogP contribution in [0.4, 0.5) is 0 Å². The molecule has 2 fully saturated rings. The molecule has 3 atom stereocenters. The van der Waals surface area contributed by atoms with Gasteiger partial charge in [-0.3, -0.25) is 4.79 Å². The van der Waals surface area contributed by atoms with Crippen LogP contribution in [0.2, 0.25) is 0 Å². The molecule has 1 spiro atoms. The SMILES string of the molecule is O=C1[C@@H]2CC[C@@H](C2)[C@]12CC=CCC2. The molecule has 0 aromatic rings. The van der Waals surface area contributed by atoms with Crippen LogP contribution in [0.5, 0.6) is 0 Å². The van der Waals surface area contributed by atoms with Crippen molar-refractivity contribution < 1.29 is 4.79 Å². The summed E-state index contributed by atoms with van der Waals surface area (Å²) in [4.78, 5) is 12.1. The lowest BCUT2D eigenvalue weighted by Crippen LogP contribution is -2.37. The molecule has 0 aliphatic heterocycles. The van der Waals surface area contributed by atoms with Gasteiger partial charge in [0, 0.05) is 11.3 Å². The summed E-state index contributed by atoms with van der Waals surface area (Å²) in [6, 6.07) is 0. The topological polar surface area (TPSA) is 17.1 Å². The molecule has 1 nitrogen and oxygen atoms in total. The highest BCUT2D eigenvalue weighted by molar-refractivity contribution is 5.90. The number of rotatable bonds is 0. The van der Waals surface area contributed by atoms with Crippen LogP contribution in [0, 0.1) is 17.3 Å². The minimum Gasteiger partial charge on any atom is -0.299 e. The first kappa shape index (κ1) is 7.78. The van der Waals surface area contributed by atoms with Gasteiger partial charge in [-0.05, 0) is 44.4 Å². The first-order valence-corrected chi connectivity index (χ1v) is 5.52. The maximum atomic E-state index is 12.1. The highest BCUT2D eigenvalue weighted by Gasteiger charge is 2.56. The minimum atomic E-state index is 0.123. The van der Waals surface area contributed by atoms with E-state index in [0.29, 0.717) is 11.7 Å². The van der Waals surface area contributed by atoms with Crippen LogP contribution >= 0.6 is 0 Å². The zero-order valence-corrected chi connectivity index (χ0v) is 7.96. The lowest BCUT2D eigenvalue weighted by Gasteiger charge is -2.37. The van der Waals surface area contributed by atoms with Crippen molar-refractivity contribution in [3.63, 3.8) is 0 Å². The molecule has 3 aliphatic rings. The van der Waals surface area contributed by atoms with Gasteiger partial charge in [0.1, 0.15) is 5.78 Å². The van der Waals surface area contributed by atoms with E-state index in [-0.39, 0.29) is 5.41 Å². The first-order chi connectivity index (χ1) is 6.33. The number of fused-ring (bicyclic) bond motifs is 3. The van der Waals surface area contributed by atoms with Gasteiger partial charge in [0.05, 0.1) is 0 Å². The second-order valence-corrected chi connectivity index (χ2v) is 4.94. The molecule has 0 heterocycles. The van der Waals surface area contributed by atoms with E-state index in [2.05, 4.69) is 12.2 Å². The van der Waals surface area contributed by atoms with Gasteiger partial charge in [0.15, 0.2) is 0 Å². The predicted octanol–water partition coefficient (Wildman–Crippen LogP) is 2.71. The number of hydrogen-bond donors (Lipinski definition) is 0. The van der Waals surface area contributed by atoms with E-state index in [1.165, 1.54) is 19.3 Å². The molecule has 0 unspecified atom stereocenters. The van der Waals surface area contributed by atoms with Crippen molar-refractivity contribution in [2.45, 2.75) is 38.5 Å². The molecule has 13 heavy (non-hydrogen) atoms. The van der Waals surface area contributed by atoms with Crippen molar-refractivity contribution in [2.24, 2.45) is 17.3 Å². The van der Waals surface area contributed by atoms with Gasteiger partial charge >= 0.3 is 0 Å². The zero-order chi connectivity index (χ0) is 8.89. The Hall–Kier alpha value is -0.590. The Morgan fingerprint density at radius 3 is 2.85 bits per heavy atom. The Kier molecular flexibility index (Phi) is 1.47. The van der Waals surface area contributed by atoms with Crippen molar-refractivity contribution in [1.29, 1.82) is 0 Å². The smallest absolute Gasteiger partial charge is 0.142 e. The Labute approximate surface area is 79.2 Å². The fourth-order valence-corrected chi connectivity index (χ4v) is 3.78. The molecular weight excluding hydrogens is 160 g/mol. The molecule has 3 aliphatic carbocycles. The average Bonchev–Trinajstić information content (AvgIpc) is 2.73. The van der Waals surface area contributed by atoms with Crippen molar-refractivity contribution in [3.05, 3.63) is 12.2 Å². The number of Topliss-reactive ketones (excluding diaryl/α,β-unsaturated/α-hetero) is 1. The lowest BCUT2D eigenvalue weighted by molar-refractivity contribution is -0.132. The lowest BCUT2D eigenvalue weighted by atomic mass is 9.65. The number of ketones is 1. The van der Waals surface area contributed by atoms with Gasteiger partial charge in [-0.25, -0.2) is 0 Å². The van der Waals surface area contributed by atoms with Crippen LogP contribution in [-0.4, -0.2) is 5.78 Å². The third kappa shape index (κ3) is 0.853. The quantitative estimate of drug-likeness (QED) is 0.519. The van der Waals surface area contributed by atoms with Gasteiger partial charge in [-0.2, -0.15) is 0 Å². The largest absolute Gasteiger partial charge is 0.299 e. The third-order valence-corrected chi connectivity index (χ3v) is 4.48. The fraction of sp³-hybridized carbons (Fsp3) is 0.750. The number of carbonyl (C=O) groups excluding carboxylic acids is 1. The molecule has 70 valence electrons. The van der Waals surface area contributed by atoms with Gasteiger partial charge in [-0.1, -0.05) is 12.2 Å². The second kappa shape index (κ2) is 2.46. The highest BCUT2D eigenvalue weighted by Crippen LogP contribution is 2.58. The van der Waals surface area contributed by atoms with Crippen molar-refractivity contribution in [2.75, 3.05) is 0 Å². The van der Waals surface area contributed by atoms with E-state index >= 15 is 0 Å². The summed E-state index contributed by atoms with van der Waals surface area (Å²) in [7, 11) is 0. The third-order valence-electron chi connectivity index (χ3n) is 4.48. The van der Waals surface area contributed by atoms with Crippen LogP contribution < -0.4 is 0 Å². The summed E-state index contributed by atoms with van der Waals surface area (Å²) in [6.45, 7) is 0. The van der Waals surface area contributed by atoms with E-state index in [1.54, 1.807) is 0 Å². The van der Waals surface area contributed by atoms with Gasteiger partial charge in [-0.15, -0.1) is 0 Å². The maximum absolute atomic E-state index is 12.1. The maximum Gasteiger partial charge on any atom is 0.142 e. The number of allylic oxidation sites excluding steroid dienone is 2. The summed E-state index contributed by atoms with van der Waals surface area (Å²) in [5.74, 6) is 1.82. The van der Waals surface area contributed by atoms with Gasteiger partial charge in [0.2, 0.25) is 0 Å². The normalized spacial score (nSPS) is 47.8. The Bertz CT molecular complexity index is 279. The van der Waals surface area contributed by atoms with Crippen molar-refractivity contribution in [1.82, 2.24) is 0 Å². The van der Waals surface area contributed by atoms with Gasteiger partial charge < -0.3 is 0 Å². The standard InChI is InChI=1S/C12H16O/c13-11-9-4-5-10(8-9)12(11)6-2-1-3-7-12/h1-2,9-10H,3-8H2/t9-,10+,12-/m1/s1. The van der Waals surface area contributed by atoms with Crippen LogP contribution in [0.15, 0.2) is 12.2 Å². The fourth-order valence-electron chi connectivity index (χ4n) is 3.78. The molecule has 1 heteroatoms. The zero-order valence-electron chi connectivity index (χ0n) is 7.96. The van der Waals surface area contributed by atoms with Crippen LogP contribution in [0.3, 0.4) is 0 Å². The molecule has 0 amide bonds. The van der Waals surface area contributed by atoms with E-state index in [4.69, 9.17) is 0 Å². The van der Waals surface area contributed by atoms with E-state index in [9.17, 15) is 4.79 Å². The van der Waals surface area contributed by atoms with Crippen LogP contribution in [-0.2, 0) is 4.79 Å². The Balaban J connectivity index is 1.98. The highest BCUT2D eigenvalue weighted by atomic mass is 16.1. The summed E-state index contributed by atoms with van der Waals surface area (Å²) >= 11 is 0. The van der Waals surface area contributed by atoms with Crippen molar-refractivity contribution in [3.8, 4) is 0 Å². The molecule has 2 bridgehead atoms. The van der Waals surface area contributed by atoms with Crippen LogP contribution in [0.1, 0.15) is 38.5 Å². The van der Waals surface area contributed by atoms with Crippen LogP contribution in [0.25, 0.3) is 0 Å². The molecule has 0 N–H and O–H groups in total. The molecule has 0 aromatic heterocycles. The first-order valence-electron chi connectivity index (χ1n) is 5.52. The second-order valence-electron chi connectivity index (χ2n) is 4.94. The monoisotopic (exact) mass is 176 g/mol. The molecule has 2 saturated carbocycles. The van der Waals surface area contributed by atoms with E-state index < -0.39 is 0 Å². The number of hydrogen-bond acceptors (Lipinski definition) is 1. The summed E-state index contributed by atoms with van der Waals surface area (Å²) in [5.41, 5.74) is 0.123. The number of carbonyl (C=O) groups is 1. The summed E-state index contributed by atoms with van der Waals surface area (Å²) in [5, 5.41) is 0. The predicted molar refractivity (Wildman–Crippen MR) is 51.3 cm³/mol. The molecule has 0 aromatic carbocycles. The minimum absolute atomic E-state index is 0.123. The molecule has 3 rings (SSSR count). The average molecular weight is 176 g/mol. The van der Waals surface area contributed by atoms with E-state index in [1.807, 2.05) is 0 Å². The molecular formula is C12H16O. The Morgan fingerprint density at radius 1 is 1.31 bits per heavy atom.